The van der Waals surface area contributed by atoms with Crippen LogP contribution in [0.3, 0.4) is 0 Å². The van der Waals surface area contributed by atoms with E-state index in [9.17, 15) is 0 Å². The first-order valence-corrected chi connectivity index (χ1v) is 8.96. The molecule has 2 aromatic rings. The van der Waals surface area contributed by atoms with Gasteiger partial charge in [-0.15, -0.1) is 0 Å². The lowest BCUT2D eigenvalue weighted by atomic mass is 9.89. The molecule has 0 spiro atoms. The van der Waals surface area contributed by atoms with Crippen molar-refractivity contribution in [2.24, 2.45) is 0 Å². The normalized spacial score (nSPS) is 17.9. The molecule has 0 fully saturated rings. The third-order valence-electron chi connectivity index (χ3n) is 4.72. The van der Waals surface area contributed by atoms with Crippen LogP contribution in [-0.2, 0) is 6.42 Å². The minimum absolute atomic E-state index is 0.176. The van der Waals surface area contributed by atoms with Crippen molar-refractivity contribution >= 4 is 0 Å². The van der Waals surface area contributed by atoms with E-state index in [1.165, 1.54) is 11.1 Å². The van der Waals surface area contributed by atoms with Crippen LogP contribution in [0.25, 0.3) is 0 Å². The van der Waals surface area contributed by atoms with Gasteiger partial charge in [-0.25, -0.2) is 0 Å². The lowest BCUT2D eigenvalue weighted by Gasteiger charge is -2.26. The summed E-state index contributed by atoms with van der Waals surface area (Å²) in [6.45, 7) is 6.56. The lowest BCUT2D eigenvalue weighted by Crippen LogP contribution is -2.87. The summed E-state index contributed by atoms with van der Waals surface area (Å²) >= 11 is 0. The molecule has 5 nitrogen and oxygen atoms in total. The van der Waals surface area contributed by atoms with Gasteiger partial charge in [-0.05, 0) is 43.7 Å². The average Bonchev–Trinajstić information content (AvgIpc) is 3.11. The van der Waals surface area contributed by atoms with Gasteiger partial charge in [0.2, 0.25) is 6.79 Å². The van der Waals surface area contributed by atoms with E-state index in [0.717, 1.165) is 41.5 Å². The highest BCUT2D eigenvalue weighted by atomic mass is 16.7. The molecule has 0 aromatic heterocycles. The summed E-state index contributed by atoms with van der Waals surface area (Å²) in [5.41, 5.74) is 3.74. The Labute approximate surface area is 147 Å². The van der Waals surface area contributed by atoms with E-state index in [1.807, 2.05) is 26.0 Å². The first kappa shape index (κ1) is 16.1. The molecule has 0 unspecified atom stereocenters. The van der Waals surface area contributed by atoms with Crippen molar-refractivity contribution in [3.8, 4) is 23.0 Å². The summed E-state index contributed by atoms with van der Waals surface area (Å²) < 4.78 is 22.9. The molecule has 0 amide bonds. The van der Waals surface area contributed by atoms with Crippen molar-refractivity contribution in [1.29, 1.82) is 0 Å². The second-order valence-corrected chi connectivity index (χ2v) is 6.20. The average molecular weight is 342 g/mol. The second-order valence-electron chi connectivity index (χ2n) is 6.20. The Hall–Kier alpha value is -2.40. The van der Waals surface area contributed by atoms with E-state index < -0.39 is 0 Å². The van der Waals surface area contributed by atoms with Gasteiger partial charge in [0.05, 0.1) is 25.3 Å². The van der Waals surface area contributed by atoms with Crippen molar-refractivity contribution < 1.29 is 24.3 Å². The standard InChI is InChI=1S/C20H23NO4/c1-3-22-17-10-13-8-9-21-19(15(13)11-18(17)23-4-2)14-6-5-7-16-20(14)25-12-24-16/h5-7,10-11,19,21H,3-4,8-9,12H2,1-2H3/p+1/t19-/m1/s1. The number of para-hydroxylation sites is 1. The summed E-state index contributed by atoms with van der Waals surface area (Å²) in [7, 11) is 0. The van der Waals surface area contributed by atoms with Gasteiger partial charge in [0, 0.05) is 12.0 Å². The Morgan fingerprint density at radius 2 is 1.84 bits per heavy atom. The molecule has 2 aliphatic heterocycles. The smallest absolute Gasteiger partial charge is 0.231 e. The fraction of sp³-hybridized carbons (Fsp3) is 0.400. The molecule has 2 aromatic carbocycles. The van der Waals surface area contributed by atoms with Crippen LogP contribution in [0.1, 0.15) is 36.6 Å². The predicted molar refractivity (Wildman–Crippen MR) is 93.7 cm³/mol. The Morgan fingerprint density at radius 1 is 1.04 bits per heavy atom. The van der Waals surface area contributed by atoms with Crippen LogP contribution in [0, 0.1) is 0 Å². The summed E-state index contributed by atoms with van der Waals surface area (Å²) in [5.74, 6) is 3.34. The van der Waals surface area contributed by atoms with Gasteiger partial charge in [-0.2, -0.15) is 0 Å². The van der Waals surface area contributed by atoms with E-state index in [4.69, 9.17) is 18.9 Å². The molecule has 25 heavy (non-hydrogen) atoms. The Kier molecular flexibility index (Phi) is 4.40. The molecule has 2 heterocycles. The van der Waals surface area contributed by atoms with Gasteiger partial charge >= 0.3 is 0 Å². The van der Waals surface area contributed by atoms with Crippen LogP contribution in [0.15, 0.2) is 30.3 Å². The Morgan fingerprint density at radius 3 is 2.64 bits per heavy atom. The first-order chi connectivity index (χ1) is 12.3. The minimum atomic E-state index is 0.176. The molecule has 0 bridgehead atoms. The molecule has 132 valence electrons. The largest absolute Gasteiger partial charge is 0.490 e. The molecule has 0 radical (unpaired) electrons. The van der Waals surface area contributed by atoms with Crippen LogP contribution >= 0.6 is 0 Å². The molecule has 2 aliphatic rings. The van der Waals surface area contributed by atoms with Crippen LogP contribution in [0.2, 0.25) is 0 Å². The zero-order chi connectivity index (χ0) is 17.2. The van der Waals surface area contributed by atoms with Crippen molar-refractivity contribution in [1.82, 2.24) is 0 Å². The van der Waals surface area contributed by atoms with Crippen molar-refractivity contribution in [3.05, 3.63) is 47.0 Å². The highest BCUT2D eigenvalue weighted by Gasteiger charge is 2.32. The van der Waals surface area contributed by atoms with Crippen molar-refractivity contribution in [2.45, 2.75) is 26.3 Å². The Bertz CT molecular complexity index is 775. The number of hydrogen-bond donors (Lipinski definition) is 1. The number of rotatable bonds is 5. The van der Waals surface area contributed by atoms with E-state index in [1.54, 1.807) is 0 Å². The zero-order valence-corrected chi connectivity index (χ0v) is 14.7. The maximum Gasteiger partial charge on any atom is 0.231 e. The molecular formula is C20H24NO4+. The summed E-state index contributed by atoms with van der Waals surface area (Å²) in [6, 6.07) is 10.6. The molecule has 4 rings (SSSR count). The van der Waals surface area contributed by atoms with E-state index in [-0.39, 0.29) is 6.04 Å². The van der Waals surface area contributed by atoms with Crippen LogP contribution in [-0.4, -0.2) is 26.6 Å². The molecule has 0 saturated carbocycles. The molecular weight excluding hydrogens is 318 g/mol. The van der Waals surface area contributed by atoms with Crippen molar-refractivity contribution in [2.75, 3.05) is 26.6 Å². The lowest BCUT2D eigenvalue weighted by molar-refractivity contribution is -0.690. The van der Waals surface area contributed by atoms with Crippen molar-refractivity contribution in [3.63, 3.8) is 0 Å². The molecule has 1 atom stereocenters. The van der Waals surface area contributed by atoms with E-state index in [2.05, 4.69) is 23.5 Å². The number of nitrogens with two attached hydrogens (primary N) is 1. The van der Waals surface area contributed by atoms with Crippen LogP contribution in [0.4, 0.5) is 0 Å². The monoisotopic (exact) mass is 342 g/mol. The maximum absolute atomic E-state index is 5.84. The number of ether oxygens (including phenoxy) is 4. The van der Waals surface area contributed by atoms with Crippen LogP contribution < -0.4 is 24.3 Å². The first-order valence-electron chi connectivity index (χ1n) is 8.96. The summed E-state index contributed by atoms with van der Waals surface area (Å²) in [5, 5.41) is 2.36. The topological polar surface area (TPSA) is 53.5 Å². The highest BCUT2D eigenvalue weighted by Crippen LogP contribution is 2.42. The van der Waals surface area contributed by atoms with Gasteiger partial charge in [0.1, 0.15) is 6.04 Å². The number of hydrogen-bond acceptors (Lipinski definition) is 4. The minimum Gasteiger partial charge on any atom is -0.490 e. The van der Waals surface area contributed by atoms with Gasteiger partial charge in [-0.1, -0.05) is 6.07 Å². The fourth-order valence-electron chi connectivity index (χ4n) is 3.69. The summed E-state index contributed by atoms with van der Waals surface area (Å²) in [6.07, 6.45) is 1.02. The number of benzene rings is 2. The number of fused-ring (bicyclic) bond motifs is 2. The zero-order valence-electron chi connectivity index (χ0n) is 14.7. The van der Waals surface area contributed by atoms with E-state index >= 15 is 0 Å². The van der Waals surface area contributed by atoms with Crippen LogP contribution in [0.5, 0.6) is 23.0 Å². The fourth-order valence-corrected chi connectivity index (χ4v) is 3.69. The molecule has 2 N–H and O–H groups in total. The molecule has 5 heteroatoms. The highest BCUT2D eigenvalue weighted by molar-refractivity contribution is 5.55. The SMILES string of the molecule is CCOc1cc2c(cc1OCC)[C@@H](c1cccc3c1OCO3)[NH2+]CC2. The second kappa shape index (κ2) is 6.84. The molecule has 0 aliphatic carbocycles. The predicted octanol–water partition coefficient (Wildman–Crippen LogP) is 2.42. The van der Waals surface area contributed by atoms with E-state index in [0.29, 0.717) is 20.0 Å². The quantitative estimate of drug-likeness (QED) is 0.907. The third kappa shape index (κ3) is 2.89. The third-order valence-corrected chi connectivity index (χ3v) is 4.72. The summed E-state index contributed by atoms with van der Waals surface area (Å²) in [4.78, 5) is 0. The molecule has 0 saturated heterocycles. The Balaban J connectivity index is 1.79. The van der Waals surface area contributed by atoms with Gasteiger partial charge in [0.25, 0.3) is 0 Å². The van der Waals surface area contributed by atoms with Gasteiger partial charge in [-0.3, -0.25) is 0 Å². The van der Waals surface area contributed by atoms with Gasteiger partial charge in [0.15, 0.2) is 23.0 Å². The van der Waals surface area contributed by atoms with Gasteiger partial charge < -0.3 is 24.3 Å². The number of quaternary nitrogens is 1. The maximum atomic E-state index is 5.84.